The molecule has 0 spiro atoms. The highest BCUT2D eigenvalue weighted by Crippen LogP contribution is 2.14. The number of nitrogens with zero attached hydrogens (tertiary/aromatic N) is 2. The topological polar surface area (TPSA) is 69.2 Å². The highest BCUT2D eigenvalue weighted by molar-refractivity contribution is 5.78. The zero-order valence-corrected chi connectivity index (χ0v) is 13.9. The van der Waals surface area contributed by atoms with Crippen LogP contribution in [0.15, 0.2) is 51.9 Å². The van der Waals surface area contributed by atoms with Gasteiger partial charge in [0.25, 0.3) is 0 Å². The van der Waals surface area contributed by atoms with E-state index in [2.05, 4.69) is 5.32 Å². The monoisotopic (exact) mass is 327 g/mol. The summed E-state index contributed by atoms with van der Waals surface area (Å²) < 4.78 is 8.66. The summed E-state index contributed by atoms with van der Waals surface area (Å²) in [5, 5.41) is 2.89. The number of fused-ring (bicyclic) bond motifs is 1. The molecule has 0 saturated heterocycles. The van der Waals surface area contributed by atoms with Gasteiger partial charge in [-0.25, -0.2) is 4.79 Å². The van der Waals surface area contributed by atoms with E-state index in [4.69, 9.17) is 4.42 Å². The quantitative estimate of drug-likeness (QED) is 0.757. The Morgan fingerprint density at radius 1 is 1.17 bits per heavy atom. The summed E-state index contributed by atoms with van der Waals surface area (Å²) in [5.74, 6) is 0.599. The van der Waals surface area contributed by atoms with E-state index >= 15 is 0 Å². The molecule has 3 aromatic rings. The summed E-state index contributed by atoms with van der Waals surface area (Å²) >= 11 is 0. The number of benzene rings is 1. The van der Waals surface area contributed by atoms with Gasteiger partial charge in [0.1, 0.15) is 5.76 Å². The molecule has 0 fully saturated rings. The average Bonchev–Trinajstić information content (AvgIpc) is 3.19. The van der Waals surface area contributed by atoms with Crippen LogP contribution in [-0.2, 0) is 17.9 Å². The van der Waals surface area contributed by atoms with E-state index in [1.165, 1.54) is 0 Å². The maximum atomic E-state index is 12.5. The minimum atomic E-state index is -0.193. The Hall–Kier alpha value is -2.76. The lowest BCUT2D eigenvalue weighted by Gasteiger charge is -2.11. The molecule has 1 amide bonds. The molecule has 24 heavy (non-hydrogen) atoms. The number of hydrogen-bond acceptors (Lipinski definition) is 3. The van der Waals surface area contributed by atoms with Crippen LogP contribution >= 0.6 is 0 Å². The standard InChI is InChI=1S/C18H21N3O3/c1-3-20-14-7-4-5-8-15(14)21(18(20)23)11-10-17(22)19-13(2)16-9-6-12-24-16/h4-9,12-13H,3,10-11H2,1-2H3,(H,19,22). The molecular formula is C18H21N3O3. The molecule has 0 aliphatic heterocycles. The number of amides is 1. The van der Waals surface area contributed by atoms with Gasteiger partial charge in [-0.1, -0.05) is 12.1 Å². The second-order valence-corrected chi connectivity index (χ2v) is 5.72. The lowest BCUT2D eigenvalue weighted by molar-refractivity contribution is -0.122. The maximum Gasteiger partial charge on any atom is 0.329 e. The molecular weight excluding hydrogens is 306 g/mol. The van der Waals surface area contributed by atoms with Gasteiger partial charge in [-0.2, -0.15) is 0 Å². The van der Waals surface area contributed by atoms with Gasteiger partial charge in [-0.05, 0) is 38.1 Å². The SMILES string of the molecule is CCn1c(=O)n(CCC(=O)NC(C)c2ccco2)c2ccccc21. The van der Waals surface area contributed by atoms with Gasteiger partial charge in [0.05, 0.1) is 23.3 Å². The highest BCUT2D eigenvalue weighted by atomic mass is 16.3. The number of carbonyl (C=O) groups is 1. The number of hydrogen-bond donors (Lipinski definition) is 1. The lowest BCUT2D eigenvalue weighted by atomic mass is 10.2. The molecule has 0 aliphatic carbocycles. The van der Waals surface area contributed by atoms with Gasteiger partial charge in [-0.3, -0.25) is 13.9 Å². The van der Waals surface area contributed by atoms with Crippen LogP contribution < -0.4 is 11.0 Å². The first kappa shape index (κ1) is 16.1. The van der Waals surface area contributed by atoms with Crippen molar-refractivity contribution in [3.05, 3.63) is 58.9 Å². The van der Waals surface area contributed by atoms with E-state index in [0.29, 0.717) is 18.8 Å². The number of furan rings is 1. The molecule has 2 aromatic heterocycles. The van der Waals surface area contributed by atoms with Crippen LogP contribution in [-0.4, -0.2) is 15.0 Å². The molecule has 1 aromatic carbocycles. The van der Waals surface area contributed by atoms with Gasteiger partial charge in [0, 0.05) is 19.5 Å². The minimum Gasteiger partial charge on any atom is -0.467 e. The Bertz CT molecular complexity index is 890. The fourth-order valence-corrected chi connectivity index (χ4v) is 2.93. The van der Waals surface area contributed by atoms with Gasteiger partial charge in [0.2, 0.25) is 5.91 Å². The first-order valence-electron chi connectivity index (χ1n) is 8.12. The van der Waals surface area contributed by atoms with E-state index in [1.807, 2.05) is 44.2 Å². The Morgan fingerprint density at radius 3 is 2.50 bits per heavy atom. The van der Waals surface area contributed by atoms with Crippen molar-refractivity contribution < 1.29 is 9.21 Å². The number of nitrogens with one attached hydrogen (secondary N) is 1. The Kier molecular flexibility index (Phi) is 4.55. The fourth-order valence-electron chi connectivity index (χ4n) is 2.93. The summed E-state index contributed by atoms with van der Waals surface area (Å²) in [6.07, 6.45) is 1.82. The molecule has 0 bridgehead atoms. The molecule has 0 aliphatic rings. The molecule has 2 heterocycles. The van der Waals surface area contributed by atoms with Crippen LogP contribution in [0.1, 0.15) is 32.1 Å². The van der Waals surface area contributed by atoms with E-state index in [-0.39, 0.29) is 24.1 Å². The highest BCUT2D eigenvalue weighted by Gasteiger charge is 2.15. The number of aromatic nitrogens is 2. The first-order chi connectivity index (χ1) is 11.6. The molecule has 0 saturated carbocycles. The van der Waals surface area contributed by atoms with Gasteiger partial charge in [0.15, 0.2) is 0 Å². The Morgan fingerprint density at radius 2 is 1.88 bits per heavy atom. The number of para-hydroxylation sites is 2. The summed E-state index contributed by atoms with van der Waals surface area (Å²) in [6.45, 7) is 4.76. The van der Waals surface area contributed by atoms with Crippen LogP contribution in [0.3, 0.4) is 0 Å². The van der Waals surface area contributed by atoms with Crippen LogP contribution in [0, 0.1) is 0 Å². The molecule has 3 rings (SSSR count). The number of carbonyl (C=O) groups excluding carboxylic acids is 1. The number of imidazole rings is 1. The van der Waals surface area contributed by atoms with Gasteiger partial charge >= 0.3 is 5.69 Å². The van der Waals surface area contributed by atoms with Crippen LogP contribution in [0.2, 0.25) is 0 Å². The van der Waals surface area contributed by atoms with Crippen molar-refractivity contribution in [2.75, 3.05) is 0 Å². The van der Waals surface area contributed by atoms with Crippen molar-refractivity contribution in [2.24, 2.45) is 0 Å². The summed E-state index contributed by atoms with van der Waals surface area (Å²) in [6, 6.07) is 11.1. The van der Waals surface area contributed by atoms with Crippen molar-refractivity contribution in [3.8, 4) is 0 Å². The summed E-state index contributed by atoms with van der Waals surface area (Å²) in [5.41, 5.74) is 1.68. The first-order valence-corrected chi connectivity index (χ1v) is 8.12. The third-order valence-electron chi connectivity index (χ3n) is 4.15. The third kappa shape index (κ3) is 2.99. The van der Waals surface area contributed by atoms with E-state index in [0.717, 1.165) is 11.0 Å². The van der Waals surface area contributed by atoms with Crippen LogP contribution in [0.5, 0.6) is 0 Å². The molecule has 6 heteroatoms. The van der Waals surface area contributed by atoms with E-state index in [1.54, 1.807) is 21.5 Å². The summed E-state index contributed by atoms with van der Waals surface area (Å²) in [4.78, 5) is 24.7. The second-order valence-electron chi connectivity index (χ2n) is 5.72. The number of aryl methyl sites for hydroxylation is 2. The maximum absolute atomic E-state index is 12.5. The second kappa shape index (κ2) is 6.78. The van der Waals surface area contributed by atoms with E-state index in [9.17, 15) is 9.59 Å². The van der Waals surface area contributed by atoms with Crippen molar-refractivity contribution in [1.82, 2.24) is 14.5 Å². The zero-order valence-electron chi connectivity index (χ0n) is 13.9. The minimum absolute atomic E-state index is 0.0782. The molecule has 1 unspecified atom stereocenters. The van der Waals surface area contributed by atoms with Crippen LogP contribution in [0.4, 0.5) is 0 Å². The van der Waals surface area contributed by atoms with Crippen molar-refractivity contribution in [3.63, 3.8) is 0 Å². The van der Waals surface area contributed by atoms with Crippen molar-refractivity contribution >= 4 is 16.9 Å². The fraction of sp³-hybridized carbons (Fsp3) is 0.333. The molecule has 1 N–H and O–H groups in total. The average molecular weight is 327 g/mol. The summed E-state index contributed by atoms with van der Waals surface area (Å²) in [7, 11) is 0. The third-order valence-corrected chi connectivity index (χ3v) is 4.15. The zero-order chi connectivity index (χ0) is 17.1. The Labute approximate surface area is 139 Å². The Balaban J connectivity index is 1.73. The molecule has 6 nitrogen and oxygen atoms in total. The largest absolute Gasteiger partial charge is 0.467 e. The molecule has 1 atom stereocenters. The normalized spacial score (nSPS) is 12.4. The number of rotatable bonds is 6. The van der Waals surface area contributed by atoms with Gasteiger partial charge < -0.3 is 9.73 Å². The lowest BCUT2D eigenvalue weighted by Crippen LogP contribution is -2.29. The van der Waals surface area contributed by atoms with E-state index < -0.39 is 0 Å². The smallest absolute Gasteiger partial charge is 0.329 e. The predicted octanol–water partition coefficient (Wildman–Crippen LogP) is 2.68. The predicted molar refractivity (Wildman–Crippen MR) is 91.8 cm³/mol. The van der Waals surface area contributed by atoms with Crippen LogP contribution in [0.25, 0.3) is 11.0 Å². The van der Waals surface area contributed by atoms with Crippen molar-refractivity contribution in [2.45, 2.75) is 39.4 Å². The molecule has 0 radical (unpaired) electrons. The van der Waals surface area contributed by atoms with Gasteiger partial charge in [-0.15, -0.1) is 0 Å². The van der Waals surface area contributed by atoms with Crippen molar-refractivity contribution in [1.29, 1.82) is 0 Å². The molecule has 126 valence electrons.